The maximum Gasteiger partial charge on any atom is 0.236 e. The Bertz CT molecular complexity index is 1110. The maximum absolute atomic E-state index is 12.3. The summed E-state index contributed by atoms with van der Waals surface area (Å²) in [6, 6.07) is 11.9. The Morgan fingerprint density at radius 1 is 1.10 bits per heavy atom. The van der Waals surface area contributed by atoms with Crippen molar-refractivity contribution in [1.82, 2.24) is 24.7 Å². The van der Waals surface area contributed by atoms with Crippen LogP contribution in [0.3, 0.4) is 0 Å². The van der Waals surface area contributed by atoms with Crippen molar-refractivity contribution in [3.8, 4) is 17.2 Å². The molecule has 3 heterocycles. The Kier molecular flexibility index (Phi) is 5.68. The first-order valence-corrected chi connectivity index (χ1v) is 10.7. The Hall–Kier alpha value is -3.04. The first kappa shape index (κ1) is 19.3. The van der Waals surface area contributed by atoms with E-state index in [9.17, 15) is 4.79 Å². The van der Waals surface area contributed by atoms with E-state index in [2.05, 4.69) is 57.5 Å². The lowest BCUT2D eigenvalue weighted by Gasteiger charge is -2.12. The van der Waals surface area contributed by atoms with E-state index in [1.54, 1.807) is 12.4 Å². The minimum atomic E-state index is -0.140. The molecule has 0 aliphatic carbocycles. The quantitative estimate of drug-likeness (QED) is 0.470. The molecule has 0 fully saturated rings. The summed E-state index contributed by atoms with van der Waals surface area (Å²) in [5, 5.41) is 14.5. The monoisotopic (exact) mass is 422 g/mol. The maximum atomic E-state index is 12.3. The second-order valence-corrected chi connectivity index (χ2v) is 8.21. The van der Waals surface area contributed by atoms with E-state index >= 15 is 0 Å². The number of hydrogen-bond donors (Lipinski definition) is 1. The Morgan fingerprint density at radius 2 is 1.93 bits per heavy atom. The van der Waals surface area contributed by atoms with Gasteiger partial charge >= 0.3 is 0 Å². The lowest BCUT2D eigenvalue weighted by Crippen LogP contribution is -2.14. The Morgan fingerprint density at radius 3 is 2.62 bits per heavy atom. The molecule has 0 aliphatic rings. The van der Waals surface area contributed by atoms with Crippen LogP contribution in [0.4, 0.5) is 5.13 Å². The van der Waals surface area contributed by atoms with E-state index in [1.807, 2.05) is 28.1 Å². The highest BCUT2D eigenvalue weighted by molar-refractivity contribution is 7.99. The van der Waals surface area contributed by atoms with Crippen molar-refractivity contribution < 1.29 is 4.79 Å². The SMILES string of the molecule is Cc1cc(C)cc(-n2c(SCC(=O)Nc3nccs3)nnc2-c2ccccn2)c1. The van der Waals surface area contributed by atoms with Crippen LogP contribution in [-0.2, 0) is 4.79 Å². The van der Waals surface area contributed by atoms with E-state index < -0.39 is 0 Å². The lowest BCUT2D eigenvalue weighted by atomic mass is 10.1. The first-order chi connectivity index (χ1) is 14.1. The summed E-state index contributed by atoms with van der Waals surface area (Å²) in [6.45, 7) is 4.10. The van der Waals surface area contributed by atoms with Crippen molar-refractivity contribution >= 4 is 34.1 Å². The normalized spacial score (nSPS) is 10.8. The molecule has 1 amide bonds. The Balaban J connectivity index is 1.66. The zero-order valence-corrected chi connectivity index (χ0v) is 17.5. The number of anilines is 1. The highest BCUT2D eigenvalue weighted by Gasteiger charge is 2.18. The molecule has 0 atom stereocenters. The molecule has 29 heavy (non-hydrogen) atoms. The van der Waals surface area contributed by atoms with Crippen LogP contribution >= 0.6 is 23.1 Å². The number of aromatic nitrogens is 5. The van der Waals surface area contributed by atoms with Crippen LogP contribution in [0.25, 0.3) is 17.2 Å². The third-order valence-electron chi connectivity index (χ3n) is 4.00. The number of carbonyl (C=O) groups excluding carboxylic acids is 1. The molecule has 1 N–H and O–H groups in total. The van der Waals surface area contributed by atoms with Gasteiger partial charge in [0, 0.05) is 17.8 Å². The van der Waals surface area contributed by atoms with Gasteiger partial charge in [-0.25, -0.2) is 4.98 Å². The van der Waals surface area contributed by atoms with Gasteiger partial charge in [-0.05, 0) is 49.2 Å². The molecular formula is C20H18N6OS2. The van der Waals surface area contributed by atoms with E-state index in [-0.39, 0.29) is 11.7 Å². The summed E-state index contributed by atoms with van der Waals surface area (Å²) in [6.07, 6.45) is 3.38. The summed E-state index contributed by atoms with van der Waals surface area (Å²) in [7, 11) is 0. The van der Waals surface area contributed by atoms with Crippen molar-refractivity contribution in [2.75, 3.05) is 11.1 Å². The molecule has 146 valence electrons. The van der Waals surface area contributed by atoms with Crippen molar-refractivity contribution in [3.05, 3.63) is 65.3 Å². The van der Waals surface area contributed by atoms with E-state index in [4.69, 9.17) is 0 Å². The highest BCUT2D eigenvalue weighted by Crippen LogP contribution is 2.28. The fourth-order valence-electron chi connectivity index (χ4n) is 2.91. The van der Waals surface area contributed by atoms with E-state index in [1.165, 1.54) is 23.1 Å². The van der Waals surface area contributed by atoms with E-state index in [0.29, 0.717) is 16.1 Å². The van der Waals surface area contributed by atoms with Crippen molar-refractivity contribution in [1.29, 1.82) is 0 Å². The average molecular weight is 423 g/mol. The molecule has 7 nitrogen and oxygen atoms in total. The lowest BCUT2D eigenvalue weighted by molar-refractivity contribution is -0.113. The Labute approximate surface area is 176 Å². The summed E-state index contributed by atoms with van der Waals surface area (Å²) >= 11 is 2.71. The standard InChI is InChI=1S/C20H18N6OS2/c1-13-9-14(2)11-15(10-13)26-18(16-5-3-4-6-21-16)24-25-20(26)29-12-17(27)23-19-22-7-8-28-19/h3-11H,12H2,1-2H3,(H,22,23,27). The van der Waals surface area contributed by atoms with Gasteiger partial charge in [0.1, 0.15) is 5.69 Å². The number of aryl methyl sites for hydroxylation is 2. The third-order valence-corrected chi connectivity index (χ3v) is 5.62. The molecule has 0 saturated heterocycles. The number of pyridine rings is 1. The van der Waals surface area contributed by atoms with Gasteiger partial charge < -0.3 is 5.32 Å². The van der Waals surface area contributed by atoms with Gasteiger partial charge in [-0.2, -0.15) is 0 Å². The molecular weight excluding hydrogens is 404 g/mol. The smallest absolute Gasteiger partial charge is 0.236 e. The predicted molar refractivity (Wildman–Crippen MR) is 116 cm³/mol. The van der Waals surface area contributed by atoms with Gasteiger partial charge in [-0.15, -0.1) is 21.5 Å². The molecule has 0 unspecified atom stereocenters. The molecule has 0 bridgehead atoms. The summed E-state index contributed by atoms with van der Waals surface area (Å²) in [5.41, 5.74) is 3.94. The number of rotatable bonds is 6. The van der Waals surface area contributed by atoms with Crippen LogP contribution in [0.1, 0.15) is 11.1 Å². The molecule has 4 rings (SSSR count). The van der Waals surface area contributed by atoms with Crippen LogP contribution in [0.5, 0.6) is 0 Å². The van der Waals surface area contributed by atoms with Crippen LogP contribution in [0.2, 0.25) is 0 Å². The number of nitrogens with one attached hydrogen (secondary N) is 1. The fourth-order valence-corrected chi connectivity index (χ4v) is 4.20. The molecule has 9 heteroatoms. The van der Waals surface area contributed by atoms with Gasteiger partial charge in [0.25, 0.3) is 0 Å². The summed E-state index contributed by atoms with van der Waals surface area (Å²) in [4.78, 5) is 20.8. The molecule has 1 aromatic carbocycles. The van der Waals surface area contributed by atoms with Crippen molar-refractivity contribution in [2.45, 2.75) is 19.0 Å². The minimum Gasteiger partial charge on any atom is -0.301 e. The van der Waals surface area contributed by atoms with Crippen molar-refractivity contribution in [2.24, 2.45) is 0 Å². The zero-order chi connectivity index (χ0) is 20.2. The second kappa shape index (κ2) is 8.54. The minimum absolute atomic E-state index is 0.140. The molecule has 3 aromatic heterocycles. The molecule has 0 radical (unpaired) electrons. The summed E-state index contributed by atoms with van der Waals surface area (Å²) in [5.74, 6) is 0.697. The molecule has 0 aliphatic heterocycles. The van der Waals surface area contributed by atoms with Crippen LogP contribution < -0.4 is 5.32 Å². The number of benzene rings is 1. The second-order valence-electron chi connectivity index (χ2n) is 6.38. The number of nitrogens with zero attached hydrogens (tertiary/aromatic N) is 5. The van der Waals surface area contributed by atoms with E-state index in [0.717, 1.165) is 22.5 Å². The topological polar surface area (TPSA) is 85.6 Å². The number of thioether (sulfide) groups is 1. The van der Waals surface area contributed by atoms with Crippen LogP contribution in [0.15, 0.2) is 59.3 Å². The average Bonchev–Trinajstić information content (AvgIpc) is 3.36. The number of amides is 1. The zero-order valence-electron chi connectivity index (χ0n) is 15.9. The predicted octanol–water partition coefficient (Wildman–Crippen LogP) is 4.13. The van der Waals surface area contributed by atoms with Crippen LogP contribution in [0, 0.1) is 13.8 Å². The summed E-state index contributed by atoms with van der Waals surface area (Å²) < 4.78 is 1.95. The molecule has 0 saturated carbocycles. The van der Waals surface area contributed by atoms with Gasteiger partial charge in [0.05, 0.1) is 11.4 Å². The number of thiazole rings is 1. The number of carbonyl (C=O) groups is 1. The number of hydrogen-bond acceptors (Lipinski definition) is 7. The molecule has 0 spiro atoms. The van der Waals surface area contributed by atoms with Gasteiger partial charge in [0.15, 0.2) is 16.1 Å². The van der Waals surface area contributed by atoms with Gasteiger partial charge in [-0.1, -0.05) is 23.9 Å². The van der Waals surface area contributed by atoms with Gasteiger partial charge in [-0.3, -0.25) is 14.3 Å². The third kappa shape index (κ3) is 4.52. The van der Waals surface area contributed by atoms with Crippen molar-refractivity contribution in [3.63, 3.8) is 0 Å². The van der Waals surface area contributed by atoms with Crippen LogP contribution in [-0.4, -0.2) is 36.4 Å². The highest BCUT2D eigenvalue weighted by atomic mass is 32.2. The largest absolute Gasteiger partial charge is 0.301 e. The van der Waals surface area contributed by atoms with Gasteiger partial charge in [0.2, 0.25) is 5.91 Å². The first-order valence-electron chi connectivity index (χ1n) is 8.88. The fraction of sp³-hybridized carbons (Fsp3) is 0.150. The molecule has 4 aromatic rings.